The first kappa shape index (κ1) is 38.3. The number of nitrogens with zero attached hydrogens (tertiary/aromatic N) is 2. The number of halogens is 4. The number of aliphatic hydroxyl groups is 1. The lowest BCUT2D eigenvalue weighted by Gasteiger charge is -2.29. The fraction of sp³-hybridized carbons (Fsp3) is 0.410. The predicted molar refractivity (Wildman–Crippen MR) is 195 cm³/mol. The van der Waals surface area contributed by atoms with Gasteiger partial charge < -0.3 is 35.3 Å². The average molecular weight is 754 g/mol. The van der Waals surface area contributed by atoms with Crippen molar-refractivity contribution in [3.05, 3.63) is 87.6 Å². The Kier molecular flexibility index (Phi) is 12.1. The summed E-state index contributed by atoms with van der Waals surface area (Å²) in [7, 11) is 2.95. The molecular formula is C39H43ClF3N5O5. The van der Waals surface area contributed by atoms with E-state index in [2.05, 4.69) is 25.9 Å². The molecule has 0 saturated carbocycles. The standard InChI is InChI=1S/C39H43ClF3N5O5/c1-22(49)18-44-20-25-16-31(39(41,42)43)38(48-37(25)52-3)53-32-9-5-7-27-28(6-4-8-29(27)32)30-14-15-46-36(35(30)40)23-10-11-24(33(17-23)51-2)19-45-21-26-12-13-34(50)47-26/h4,6,8,10-11,14-17,22,26,32,44-45,49H,5,7,9,12-13,18-21H2,1-3H3,(H,47,50)/t22?,26-,32+/m1/s1. The molecule has 14 heteroatoms. The first-order chi connectivity index (χ1) is 25.5. The minimum absolute atomic E-state index is 0.00645. The van der Waals surface area contributed by atoms with Crippen molar-refractivity contribution in [2.75, 3.05) is 27.3 Å². The number of amides is 1. The van der Waals surface area contributed by atoms with Crippen LogP contribution in [0.3, 0.4) is 0 Å². The van der Waals surface area contributed by atoms with Crippen LogP contribution in [0.25, 0.3) is 22.4 Å². The second-order valence-electron chi connectivity index (χ2n) is 13.3. The number of carbonyl (C=O) groups is 1. The first-order valence-electron chi connectivity index (χ1n) is 17.6. The van der Waals surface area contributed by atoms with E-state index < -0.39 is 29.8 Å². The van der Waals surface area contributed by atoms with Crippen LogP contribution in [-0.4, -0.2) is 60.4 Å². The highest BCUT2D eigenvalue weighted by Gasteiger charge is 2.38. The third kappa shape index (κ3) is 8.86. The molecule has 1 unspecified atom stereocenters. The molecule has 6 rings (SSSR count). The summed E-state index contributed by atoms with van der Waals surface area (Å²) in [5, 5.41) is 19.3. The van der Waals surface area contributed by atoms with E-state index in [0.29, 0.717) is 55.2 Å². The van der Waals surface area contributed by atoms with E-state index in [0.717, 1.165) is 45.9 Å². The summed E-state index contributed by atoms with van der Waals surface area (Å²) >= 11 is 7.11. The maximum absolute atomic E-state index is 14.4. The molecule has 1 aliphatic carbocycles. The molecular weight excluding hydrogens is 711 g/mol. The second-order valence-corrected chi connectivity index (χ2v) is 13.7. The van der Waals surface area contributed by atoms with E-state index >= 15 is 0 Å². The van der Waals surface area contributed by atoms with E-state index in [-0.39, 0.29) is 36.5 Å². The summed E-state index contributed by atoms with van der Waals surface area (Å²) in [5.41, 5.74) is 4.73. The van der Waals surface area contributed by atoms with E-state index in [9.17, 15) is 23.1 Å². The number of methoxy groups -OCH3 is 2. The van der Waals surface area contributed by atoms with Crippen molar-refractivity contribution >= 4 is 17.5 Å². The lowest BCUT2D eigenvalue weighted by Crippen LogP contribution is -2.35. The summed E-state index contributed by atoms with van der Waals surface area (Å²) in [6.07, 6.45) is -1.23. The molecule has 2 aliphatic rings. The number of carbonyl (C=O) groups excluding carboxylic acids is 1. The van der Waals surface area contributed by atoms with E-state index in [1.165, 1.54) is 7.11 Å². The zero-order chi connectivity index (χ0) is 37.7. The average Bonchev–Trinajstić information content (AvgIpc) is 3.56. The number of aromatic nitrogens is 2. The second kappa shape index (κ2) is 16.7. The van der Waals surface area contributed by atoms with Crippen LogP contribution in [0.2, 0.25) is 5.02 Å². The van der Waals surface area contributed by atoms with Crippen LogP contribution in [0.4, 0.5) is 13.2 Å². The lowest BCUT2D eigenvalue weighted by molar-refractivity contribution is -0.139. The van der Waals surface area contributed by atoms with Crippen LogP contribution >= 0.6 is 11.6 Å². The zero-order valence-corrected chi connectivity index (χ0v) is 30.5. The molecule has 4 N–H and O–H groups in total. The molecule has 282 valence electrons. The highest BCUT2D eigenvalue weighted by molar-refractivity contribution is 6.35. The summed E-state index contributed by atoms with van der Waals surface area (Å²) in [5.74, 6) is 0.192. The van der Waals surface area contributed by atoms with Gasteiger partial charge in [-0.2, -0.15) is 18.2 Å². The first-order valence-corrected chi connectivity index (χ1v) is 18.0. The van der Waals surface area contributed by atoms with Gasteiger partial charge in [0.2, 0.25) is 17.7 Å². The van der Waals surface area contributed by atoms with Crippen molar-refractivity contribution in [2.45, 2.75) is 76.5 Å². The third-order valence-electron chi connectivity index (χ3n) is 9.52. The van der Waals surface area contributed by atoms with Gasteiger partial charge in [0.1, 0.15) is 17.4 Å². The fourth-order valence-electron chi connectivity index (χ4n) is 6.95. The third-order valence-corrected chi connectivity index (χ3v) is 9.90. The van der Waals surface area contributed by atoms with Gasteiger partial charge in [-0.1, -0.05) is 41.9 Å². The predicted octanol–water partition coefficient (Wildman–Crippen LogP) is 6.80. The number of hydrogen-bond donors (Lipinski definition) is 4. The number of alkyl halides is 3. The highest BCUT2D eigenvalue weighted by Crippen LogP contribution is 2.45. The maximum atomic E-state index is 14.4. The summed E-state index contributed by atoms with van der Waals surface area (Å²) in [4.78, 5) is 20.3. The van der Waals surface area contributed by atoms with Gasteiger partial charge >= 0.3 is 6.18 Å². The lowest BCUT2D eigenvalue weighted by atomic mass is 9.84. The van der Waals surface area contributed by atoms with E-state index in [1.54, 1.807) is 20.2 Å². The molecule has 0 bridgehead atoms. The van der Waals surface area contributed by atoms with Crippen LogP contribution in [0.15, 0.2) is 54.7 Å². The molecule has 0 radical (unpaired) electrons. The Labute approximate surface area is 311 Å². The fourth-order valence-corrected chi connectivity index (χ4v) is 7.27. The van der Waals surface area contributed by atoms with E-state index in [4.69, 9.17) is 25.8 Å². The van der Waals surface area contributed by atoms with Gasteiger partial charge in [0.15, 0.2) is 0 Å². The van der Waals surface area contributed by atoms with Crippen molar-refractivity contribution in [3.63, 3.8) is 0 Å². The van der Waals surface area contributed by atoms with Gasteiger partial charge in [-0.15, -0.1) is 0 Å². The Morgan fingerprint density at radius 1 is 1.00 bits per heavy atom. The molecule has 2 aromatic carbocycles. The molecule has 2 aromatic heterocycles. The smallest absolute Gasteiger partial charge is 0.421 e. The number of hydrogen-bond acceptors (Lipinski definition) is 9. The largest absolute Gasteiger partial charge is 0.496 e. The number of rotatable bonds is 14. The van der Waals surface area contributed by atoms with Gasteiger partial charge in [-0.25, -0.2) is 0 Å². The van der Waals surface area contributed by atoms with Gasteiger partial charge in [0.05, 0.1) is 31.0 Å². The van der Waals surface area contributed by atoms with Crippen molar-refractivity contribution in [3.8, 4) is 39.9 Å². The Morgan fingerprint density at radius 2 is 1.81 bits per heavy atom. The van der Waals surface area contributed by atoms with Crippen LogP contribution in [0.1, 0.15) is 66.5 Å². The van der Waals surface area contributed by atoms with Gasteiger partial charge in [0.25, 0.3) is 0 Å². The zero-order valence-electron chi connectivity index (χ0n) is 29.8. The summed E-state index contributed by atoms with van der Waals surface area (Å²) in [6, 6.07) is 14.4. The SMILES string of the molecule is COc1cc(-c2nccc(-c3cccc4c3CCC[C@@H]4Oc3nc(OC)c(CNCC(C)O)cc3C(F)(F)F)c2Cl)ccc1CNC[C@H]1CCC(=O)N1. The molecule has 4 aromatic rings. The highest BCUT2D eigenvalue weighted by atomic mass is 35.5. The van der Waals surface area contributed by atoms with Crippen LogP contribution < -0.4 is 30.2 Å². The molecule has 1 fully saturated rings. The molecule has 0 spiro atoms. The van der Waals surface area contributed by atoms with Crippen LogP contribution in [0.5, 0.6) is 17.5 Å². The summed E-state index contributed by atoms with van der Waals surface area (Å²) in [6.45, 7) is 2.99. The minimum Gasteiger partial charge on any atom is -0.496 e. The number of pyridine rings is 2. The Morgan fingerprint density at radius 3 is 2.53 bits per heavy atom. The normalized spacial score (nSPS) is 17.6. The van der Waals surface area contributed by atoms with Crippen molar-refractivity contribution < 1.29 is 37.3 Å². The van der Waals surface area contributed by atoms with Crippen molar-refractivity contribution in [1.29, 1.82) is 0 Å². The number of aliphatic hydroxyl groups excluding tert-OH is 1. The van der Waals surface area contributed by atoms with Gasteiger partial charge in [0, 0.05) is 67.1 Å². The number of ether oxygens (including phenoxy) is 3. The maximum Gasteiger partial charge on any atom is 0.421 e. The molecule has 1 amide bonds. The molecule has 1 saturated heterocycles. The number of benzene rings is 2. The Bertz CT molecular complexity index is 1940. The van der Waals surface area contributed by atoms with Crippen molar-refractivity contribution in [2.24, 2.45) is 0 Å². The molecule has 3 atom stereocenters. The minimum atomic E-state index is -4.74. The van der Waals surface area contributed by atoms with Crippen LogP contribution in [0, 0.1) is 0 Å². The molecule has 10 nitrogen and oxygen atoms in total. The monoisotopic (exact) mass is 753 g/mol. The summed E-state index contributed by atoms with van der Waals surface area (Å²) < 4.78 is 60.4. The van der Waals surface area contributed by atoms with E-state index in [1.807, 2.05) is 42.5 Å². The molecule has 3 heterocycles. The molecule has 1 aliphatic heterocycles. The topological polar surface area (TPSA) is 127 Å². The number of fused-ring (bicyclic) bond motifs is 1. The van der Waals surface area contributed by atoms with Gasteiger partial charge in [-0.3, -0.25) is 9.78 Å². The van der Waals surface area contributed by atoms with Crippen molar-refractivity contribution in [1.82, 2.24) is 25.9 Å². The van der Waals surface area contributed by atoms with Crippen LogP contribution in [-0.2, 0) is 30.5 Å². The Hall–Kier alpha value is -4.43. The quantitative estimate of drug-likeness (QED) is 0.110. The number of nitrogens with one attached hydrogen (secondary N) is 3. The van der Waals surface area contributed by atoms with Gasteiger partial charge in [-0.05, 0) is 67.5 Å². The Balaban J connectivity index is 1.27. The molecule has 53 heavy (non-hydrogen) atoms.